The highest BCUT2D eigenvalue weighted by Crippen LogP contribution is 2.38. The van der Waals surface area contributed by atoms with E-state index in [-0.39, 0.29) is 19.3 Å². The van der Waals surface area contributed by atoms with E-state index in [2.05, 4.69) is 46.0 Å². The molecule has 0 saturated carbocycles. The third-order valence-corrected chi connectivity index (χ3v) is 6.88. The molecule has 1 aromatic heterocycles. The van der Waals surface area contributed by atoms with Crippen LogP contribution in [0.4, 0.5) is 0 Å². The van der Waals surface area contributed by atoms with E-state index in [9.17, 15) is 9.90 Å². The molecule has 4 aromatic rings. The molecule has 3 N–H and O–H groups in total. The maximum atomic E-state index is 11.7. The van der Waals surface area contributed by atoms with Gasteiger partial charge in [0.2, 0.25) is 6.41 Å². The molecule has 0 aliphatic carbocycles. The van der Waals surface area contributed by atoms with Gasteiger partial charge in [-0.25, -0.2) is 0 Å². The van der Waals surface area contributed by atoms with Crippen LogP contribution in [-0.2, 0) is 11.2 Å². The second-order valence-corrected chi connectivity index (χ2v) is 9.85. The number of aliphatic hydroxyl groups is 2. The molecule has 2 atom stereocenters. The fourth-order valence-electron chi connectivity index (χ4n) is 4.45. The molecule has 194 valence electrons. The highest BCUT2D eigenvalue weighted by atomic mass is 79.9. The van der Waals surface area contributed by atoms with Crippen molar-refractivity contribution >= 4 is 33.2 Å². The summed E-state index contributed by atoms with van der Waals surface area (Å²) in [7, 11) is 1.66. The molecular weight excluding hydrogens is 536 g/mol. The molecule has 0 spiro atoms. The van der Waals surface area contributed by atoms with E-state index in [1.54, 1.807) is 7.11 Å². The number of aromatic amines is 1. The molecule has 8 heteroatoms. The average molecular weight is 567 g/mol. The van der Waals surface area contributed by atoms with Gasteiger partial charge < -0.3 is 29.6 Å². The average Bonchev–Trinajstić information content (AvgIpc) is 3.30. The molecule has 2 heterocycles. The number of rotatable bonds is 7. The van der Waals surface area contributed by atoms with E-state index >= 15 is 0 Å². The normalized spacial score (nSPS) is 15.4. The number of carbonyl (C=O) groups is 1. The van der Waals surface area contributed by atoms with E-state index in [0.29, 0.717) is 12.3 Å². The Hall–Kier alpha value is -3.33. The summed E-state index contributed by atoms with van der Waals surface area (Å²) in [4.78, 5) is 17.1. The number of hydrogen-bond donors (Lipinski definition) is 3. The zero-order chi connectivity index (χ0) is 26.4. The Bertz CT molecular complexity index is 1320. The minimum Gasteiger partial charge on any atom is -0.497 e. The number of halogens is 1. The Morgan fingerprint density at radius 3 is 2.46 bits per heavy atom. The lowest BCUT2D eigenvalue weighted by Gasteiger charge is -2.33. The summed E-state index contributed by atoms with van der Waals surface area (Å²) in [6, 6.07) is 21.4. The number of carbonyl (C=O) groups excluding carboxylic acids is 1. The largest absolute Gasteiger partial charge is 0.497 e. The standard InChI is InChI=1S/C22H24N2O4.C7H7BrO/c1-14-2-7-20-19(10-14)18-8-9-24(13-26)22(21(18)23-20)15-3-5-17(6-4-15)28-12-16(27)11-25;1-9-7-4-2-6(8)3-5-7/h2-7,10,13,16,22-23,25,27H,8-9,11-12H2,1H3;2-5H,1H3. The van der Waals surface area contributed by atoms with Crippen LogP contribution in [0.25, 0.3) is 10.9 Å². The fourth-order valence-corrected chi connectivity index (χ4v) is 4.72. The topological polar surface area (TPSA) is 95.0 Å². The first kappa shape index (κ1) is 26.7. The van der Waals surface area contributed by atoms with Crippen molar-refractivity contribution in [3.63, 3.8) is 0 Å². The van der Waals surface area contributed by atoms with Gasteiger partial charge in [0.05, 0.1) is 19.8 Å². The van der Waals surface area contributed by atoms with Crippen molar-refractivity contribution in [1.29, 1.82) is 0 Å². The Kier molecular flexibility index (Phi) is 8.87. The number of nitrogens with one attached hydrogen (secondary N) is 1. The maximum Gasteiger partial charge on any atom is 0.210 e. The summed E-state index contributed by atoms with van der Waals surface area (Å²) in [5.41, 5.74) is 5.63. The number of hydrogen-bond acceptors (Lipinski definition) is 5. The zero-order valence-corrected chi connectivity index (χ0v) is 22.4. The van der Waals surface area contributed by atoms with Crippen LogP contribution in [0.5, 0.6) is 11.5 Å². The van der Waals surface area contributed by atoms with Gasteiger partial charge in [-0.2, -0.15) is 0 Å². The van der Waals surface area contributed by atoms with Crippen molar-refractivity contribution in [2.45, 2.75) is 25.5 Å². The molecule has 0 radical (unpaired) electrons. The number of aliphatic hydroxyl groups excluding tert-OH is 2. The van der Waals surface area contributed by atoms with Crippen LogP contribution in [-0.4, -0.2) is 59.5 Å². The molecule has 3 aromatic carbocycles. The molecule has 1 aliphatic rings. The number of benzene rings is 3. The third-order valence-electron chi connectivity index (χ3n) is 6.35. The van der Waals surface area contributed by atoms with Crippen molar-refractivity contribution < 1.29 is 24.5 Å². The Morgan fingerprint density at radius 1 is 1.11 bits per heavy atom. The van der Waals surface area contributed by atoms with Crippen LogP contribution in [0, 0.1) is 6.92 Å². The second kappa shape index (κ2) is 12.3. The van der Waals surface area contributed by atoms with Crippen LogP contribution in [0.3, 0.4) is 0 Å². The van der Waals surface area contributed by atoms with Crippen molar-refractivity contribution in [1.82, 2.24) is 9.88 Å². The van der Waals surface area contributed by atoms with Gasteiger partial charge in [-0.1, -0.05) is 39.7 Å². The first-order valence-corrected chi connectivity index (χ1v) is 12.9. The first-order chi connectivity index (χ1) is 17.9. The number of nitrogens with zero attached hydrogens (tertiary/aromatic N) is 1. The molecule has 2 unspecified atom stereocenters. The van der Waals surface area contributed by atoms with Gasteiger partial charge in [0, 0.05) is 27.6 Å². The number of aryl methyl sites for hydroxylation is 1. The van der Waals surface area contributed by atoms with E-state index in [1.165, 1.54) is 16.5 Å². The SMILES string of the molecule is COc1ccc(Br)cc1.Cc1ccc2[nH]c3c(c2c1)CCN(C=O)C3c1ccc(OCC(O)CO)cc1. The number of aromatic nitrogens is 1. The summed E-state index contributed by atoms with van der Waals surface area (Å²) in [6.45, 7) is 2.45. The third kappa shape index (κ3) is 6.33. The summed E-state index contributed by atoms with van der Waals surface area (Å²) in [5, 5.41) is 19.5. The van der Waals surface area contributed by atoms with Gasteiger partial charge >= 0.3 is 0 Å². The fraction of sp³-hybridized carbons (Fsp3) is 0.276. The number of amides is 1. The van der Waals surface area contributed by atoms with Crippen molar-refractivity contribution in [2.24, 2.45) is 0 Å². The minimum atomic E-state index is -0.902. The monoisotopic (exact) mass is 566 g/mol. The lowest BCUT2D eigenvalue weighted by molar-refractivity contribution is -0.120. The molecular formula is C29H31BrN2O5. The summed E-state index contributed by atoms with van der Waals surface area (Å²) in [6.07, 6.45) is 0.835. The van der Waals surface area contributed by atoms with E-state index < -0.39 is 6.10 Å². The quantitative estimate of drug-likeness (QED) is 0.280. The van der Waals surface area contributed by atoms with Crippen molar-refractivity contribution in [2.75, 3.05) is 26.9 Å². The molecule has 5 rings (SSSR count). The molecule has 1 aliphatic heterocycles. The molecule has 0 bridgehead atoms. The van der Waals surface area contributed by atoms with E-state index in [4.69, 9.17) is 14.6 Å². The Balaban J connectivity index is 0.000000301. The minimum absolute atomic E-state index is 0.0330. The van der Waals surface area contributed by atoms with Gasteiger partial charge in [0.1, 0.15) is 24.2 Å². The second-order valence-electron chi connectivity index (χ2n) is 8.94. The lowest BCUT2D eigenvalue weighted by Crippen LogP contribution is -2.34. The summed E-state index contributed by atoms with van der Waals surface area (Å²) < 4.78 is 11.5. The van der Waals surface area contributed by atoms with Crippen LogP contribution in [0.15, 0.2) is 71.2 Å². The Labute approximate surface area is 224 Å². The molecule has 37 heavy (non-hydrogen) atoms. The zero-order valence-electron chi connectivity index (χ0n) is 20.9. The lowest BCUT2D eigenvalue weighted by atomic mass is 9.92. The predicted octanol–water partition coefficient (Wildman–Crippen LogP) is 4.77. The number of fused-ring (bicyclic) bond motifs is 3. The first-order valence-electron chi connectivity index (χ1n) is 12.1. The van der Waals surface area contributed by atoms with Crippen LogP contribution < -0.4 is 9.47 Å². The summed E-state index contributed by atoms with van der Waals surface area (Å²) in [5.74, 6) is 1.50. The van der Waals surface area contributed by atoms with E-state index in [0.717, 1.165) is 39.8 Å². The molecule has 7 nitrogen and oxygen atoms in total. The van der Waals surface area contributed by atoms with Gasteiger partial charge in [-0.3, -0.25) is 4.79 Å². The summed E-state index contributed by atoms with van der Waals surface area (Å²) >= 11 is 3.32. The highest BCUT2D eigenvalue weighted by molar-refractivity contribution is 9.10. The maximum absolute atomic E-state index is 11.7. The van der Waals surface area contributed by atoms with Crippen molar-refractivity contribution in [3.8, 4) is 11.5 Å². The predicted molar refractivity (Wildman–Crippen MR) is 147 cm³/mol. The van der Waals surface area contributed by atoms with Crippen LogP contribution in [0.2, 0.25) is 0 Å². The van der Waals surface area contributed by atoms with Crippen LogP contribution in [0.1, 0.15) is 28.4 Å². The molecule has 0 saturated heterocycles. The van der Waals surface area contributed by atoms with Gasteiger partial charge in [-0.15, -0.1) is 0 Å². The van der Waals surface area contributed by atoms with Crippen molar-refractivity contribution in [3.05, 3.63) is 93.6 Å². The molecule has 1 amide bonds. The van der Waals surface area contributed by atoms with Gasteiger partial charge in [0.25, 0.3) is 0 Å². The van der Waals surface area contributed by atoms with Gasteiger partial charge in [-0.05, 0) is 73.0 Å². The van der Waals surface area contributed by atoms with E-state index in [1.807, 2.05) is 53.4 Å². The highest BCUT2D eigenvalue weighted by Gasteiger charge is 2.30. The number of methoxy groups -OCH3 is 1. The van der Waals surface area contributed by atoms with Gasteiger partial charge in [0.15, 0.2) is 0 Å². The molecule has 0 fully saturated rings. The smallest absolute Gasteiger partial charge is 0.210 e. The number of H-pyrrole nitrogens is 1. The number of ether oxygens (including phenoxy) is 2. The van der Waals surface area contributed by atoms with Crippen LogP contribution >= 0.6 is 15.9 Å². The Morgan fingerprint density at radius 2 is 1.81 bits per heavy atom.